The Hall–Kier alpha value is -2.45. The van der Waals surface area contributed by atoms with Crippen LogP contribution >= 0.6 is 0 Å². The molecule has 5 heteroatoms. The Bertz CT molecular complexity index is 809. The van der Waals surface area contributed by atoms with Gasteiger partial charge in [-0.2, -0.15) is 0 Å². The molecular weight excluding hydrogens is 385 g/mol. The number of aromatic hydroxyl groups is 2. The molecule has 0 unspecified atom stereocenters. The van der Waals surface area contributed by atoms with Crippen molar-refractivity contribution >= 4 is 21.7 Å². The van der Waals surface area contributed by atoms with Gasteiger partial charge >= 0.3 is 0 Å². The maximum absolute atomic E-state index is 11.8. The van der Waals surface area contributed by atoms with Gasteiger partial charge in [0, 0.05) is 22.0 Å². The molecule has 4 nitrogen and oxygen atoms in total. The summed E-state index contributed by atoms with van der Waals surface area (Å²) in [6.45, 7) is 15.3. The number of hydrogen-bond donors (Lipinski definition) is 2. The number of carbonyl (C=O) groups is 2. The Morgan fingerprint density at radius 3 is 1.13 bits per heavy atom. The monoisotopic (exact) mass is 421 g/mol. The number of phenols is 2. The molecule has 0 atom stereocenters. The number of rotatable bonds is 6. The van der Waals surface area contributed by atoms with Crippen molar-refractivity contribution in [2.75, 3.05) is 0 Å². The molecule has 0 aliphatic heterocycles. The van der Waals surface area contributed by atoms with E-state index in [0.717, 1.165) is 11.1 Å². The molecule has 0 bridgehead atoms. The minimum absolute atomic E-state index is 0. The fourth-order valence-corrected chi connectivity index (χ4v) is 3.07. The molecule has 0 spiro atoms. The van der Waals surface area contributed by atoms with Gasteiger partial charge in [-0.05, 0) is 35.1 Å². The first-order valence-electron chi connectivity index (χ1n) is 10.6. The first kappa shape index (κ1) is 28.5. The molecule has 0 heterocycles. The zero-order chi connectivity index (χ0) is 23.2. The summed E-state index contributed by atoms with van der Waals surface area (Å²) in [6, 6.07) is 10.7. The van der Waals surface area contributed by atoms with Gasteiger partial charge in [0.1, 0.15) is 11.5 Å². The molecule has 0 saturated carbocycles. The summed E-state index contributed by atoms with van der Waals surface area (Å²) in [5.41, 5.74) is 2.55. The summed E-state index contributed by atoms with van der Waals surface area (Å²) in [7, 11) is 0. The standard InChI is InChI=1S/2C13H18O2.Be/c2*1-8(2)10-6-5-7-11(13(10)15)12(14)9(3)4;/h2*5-9,15H,1-4H3;. The zero-order valence-corrected chi connectivity index (χ0v) is 20.2. The number of hydrogen-bond acceptors (Lipinski definition) is 4. The van der Waals surface area contributed by atoms with Gasteiger partial charge < -0.3 is 10.2 Å². The van der Waals surface area contributed by atoms with Crippen LogP contribution in [-0.2, 0) is 0 Å². The zero-order valence-electron chi connectivity index (χ0n) is 20.2. The van der Waals surface area contributed by atoms with Gasteiger partial charge in [-0.15, -0.1) is 0 Å². The second-order valence-electron chi connectivity index (χ2n) is 8.83. The summed E-state index contributed by atoms with van der Waals surface area (Å²) >= 11 is 0. The third-order valence-corrected chi connectivity index (χ3v) is 4.96. The van der Waals surface area contributed by atoms with Gasteiger partial charge in [0.15, 0.2) is 11.6 Å². The third kappa shape index (κ3) is 7.32. The van der Waals surface area contributed by atoms with Gasteiger partial charge in [0.2, 0.25) is 0 Å². The van der Waals surface area contributed by atoms with Crippen LogP contribution in [-0.4, -0.2) is 31.9 Å². The number of phenolic OH excluding ortho intramolecular Hbond substituents is 2. The molecule has 2 N–H and O–H groups in total. The second-order valence-corrected chi connectivity index (χ2v) is 8.83. The Morgan fingerprint density at radius 2 is 0.903 bits per heavy atom. The molecule has 166 valence electrons. The molecule has 0 aliphatic carbocycles. The molecular formula is C26H36BeO4. The van der Waals surface area contributed by atoms with Crippen LogP contribution in [0.4, 0.5) is 0 Å². The van der Waals surface area contributed by atoms with Crippen molar-refractivity contribution < 1.29 is 19.8 Å². The second kappa shape index (κ2) is 12.4. The van der Waals surface area contributed by atoms with Crippen molar-refractivity contribution in [1.29, 1.82) is 0 Å². The largest absolute Gasteiger partial charge is 0.507 e. The number of benzene rings is 2. The molecule has 0 saturated heterocycles. The van der Waals surface area contributed by atoms with E-state index in [9.17, 15) is 19.8 Å². The molecule has 0 fully saturated rings. The maximum atomic E-state index is 11.8. The Labute approximate surface area is 190 Å². The summed E-state index contributed by atoms with van der Waals surface area (Å²) in [5.74, 6) is 0.564. The number of carbonyl (C=O) groups excluding carboxylic acids is 2. The number of ketones is 2. The maximum Gasteiger partial charge on any atom is 0.169 e. The van der Waals surface area contributed by atoms with Crippen molar-refractivity contribution in [1.82, 2.24) is 0 Å². The van der Waals surface area contributed by atoms with Crippen LogP contribution in [0, 0.1) is 11.8 Å². The summed E-state index contributed by atoms with van der Waals surface area (Å²) in [6.07, 6.45) is 0. The fraction of sp³-hybridized carbons (Fsp3) is 0.462. The van der Waals surface area contributed by atoms with Crippen molar-refractivity contribution in [3.63, 3.8) is 0 Å². The van der Waals surface area contributed by atoms with Crippen LogP contribution in [0.5, 0.6) is 11.5 Å². The van der Waals surface area contributed by atoms with E-state index in [1.165, 1.54) is 0 Å². The first-order valence-corrected chi connectivity index (χ1v) is 10.6. The van der Waals surface area contributed by atoms with Crippen molar-refractivity contribution in [2.45, 2.75) is 67.2 Å². The van der Waals surface area contributed by atoms with Crippen molar-refractivity contribution in [2.24, 2.45) is 11.8 Å². The van der Waals surface area contributed by atoms with E-state index in [2.05, 4.69) is 0 Å². The predicted molar refractivity (Wildman–Crippen MR) is 128 cm³/mol. The van der Waals surface area contributed by atoms with E-state index in [0.29, 0.717) is 11.1 Å². The predicted octanol–water partition coefficient (Wildman–Crippen LogP) is 6.33. The molecule has 2 rings (SSSR count). The van der Waals surface area contributed by atoms with Gasteiger partial charge in [0.05, 0.1) is 11.1 Å². The summed E-state index contributed by atoms with van der Waals surface area (Å²) in [5, 5.41) is 19.9. The van der Waals surface area contributed by atoms with Crippen LogP contribution in [0.25, 0.3) is 0 Å². The molecule has 2 radical (unpaired) electrons. The summed E-state index contributed by atoms with van der Waals surface area (Å²) in [4.78, 5) is 23.6. The van der Waals surface area contributed by atoms with E-state index in [1.807, 2.05) is 79.7 Å². The van der Waals surface area contributed by atoms with Crippen LogP contribution in [0.3, 0.4) is 0 Å². The van der Waals surface area contributed by atoms with Gasteiger partial charge in [0.25, 0.3) is 0 Å². The average molecular weight is 422 g/mol. The van der Waals surface area contributed by atoms with E-state index in [1.54, 1.807) is 12.1 Å². The molecule has 0 aromatic heterocycles. The van der Waals surface area contributed by atoms with Gasteiger partial charge in [-0.3, -0.25) is 9.59 Å². The van der Waals surface area contributed by atoms with Crippen molar-refractivity contribution in [3.8, 4) is 11.5 Å². The van der Waals surface area contributed by atoms with Crippen LogP contribution in [0.2, 0.25) is 0 Å². The van der Waals surface area contributed by atoms with Gasteiger partial charge in [-0.25, -0.2) is 0 Å². The Kier molecular flexibility index (Phi) is 11.4. The van der Waals surface area contributed by atoms with E-state index >= 15 is 0 Å². The molecule has 31 heavy (non-hydrogen) atoms. The van der Waals surface area contributed by atoms with E-state index < -0.39 is 0 Å². The quantitative estimate of drug-likeness (QED) is 0.422. The molecule has 0 amide bonds. The fourth-order valence-electron chi connectivity index (χ4n) is 3.07. The molecule has 0 aliphatic rings. The number of para-hydroxylation sites is 2. The SMILES string of the molecule is CC(C)C(=O)c1cccc(C(C)C)c1O.CC(C)C(=O)c1cccc(C(C)C)c1O.[Be]. The Morgan fingerprint density at radius 1 is 0.613 bits per heavy atom. The van der Waals surface area contributed by atoms with Crippen LogP contribution < -0.4 is 0 Å². The van der Waals surface area contributed by atoms with Gasteiger partial charge in [-0.1, -0.05) is 79.7 Å². The minimum atomic E-state index is -0.0849. The van der Waals surface area contributed by atoms with Crippen LogP contribution in [0.15, 0.2) is 36.4 Å². The van der Waals surface area contributed by atoms with Crippen LogP contribution in [0.1, 0.15) is 99.1 Å². The minimum Gasteiger partial charge on any atom is -0.507 e. The van der Waals surface area contributed by atoms with Crippen molar-refractivity contribution in [3.05, 3.63) is 58.7 Å². The topological polar surface area (TPSA) is 74.6 Å². The summed E-state index contributed by atoms with van der Waals surface area (Å²) < 4.78 is 0. The van der Waals surface area contributed by atoms with E-state index in [-0.39, 0.29) is 56.9 Å². The van der Waals surface area contributed by atoms with E-state index in [4.69, 9.17) is 0 Å². The Balaban J connectivity index is 0.000000562. The third-order valence-electron chi connectivity index (χ3n) is 4.96. The number of Topliss-reactive ketones (excluding diaryl/α,β-unsaturated/α-hetero) is 2. The molecule has 2 aromatic rings. The molecule has 2 aromatic carbocycles. The average Bonchev–Trinajstić information content (AvgIpc) is 2.67. The first-order chi connectivity index (χ1) is 13.9. The normalized spacial score (nSPS) is 10.7. The smallest absolute Gasteiger partial charge is 0.169 e.